The van der Waals surface area contributed by atoms with Gasteiger partial charge in [0.1, 0.15) is 5.15 Å². The van der Waals surface area contributed by atoms with E-state index in [2.05, 4.69) is 29.0 Å². The maximum atomic E-state index is 13.3. The first-order valence-electron chi connectivity index (χ1n) is 10.9. The number of aromatic nitrogens is 3. The van der Waals surface area contributed by atoms with E-state index in [4.69, 9.17) is 16.6 Å². The highest BCUT2D eigenvalue weighted by molar-refractivity contribution is 6.29. The average molecular weight is 470 g/mol. The number of nitrogens with one attached hydrogen (secondary N) is 1. The minimum Gasteiger partial charge on any atom is -0.476 e. The van der Waals surface area contributed by atoms with Gasteiger partial charge in [0.05, 0.1) is 22.6 Å². The van der Waals surface area contributed by atoms with Crippen molar-refractivity contribution in [2.75, 3.05) is 23.3 Å². The van der Waals surface area contributed by atoms with Gasteiger partial charge in [-0.25, -0.2) is 14.8 Å². The Morgan fingerprint density at radius 2 is 2.00 bits per heavy atom. The number of halogens is 1. The van der Waals surface area contributed by atoms with Crippen molar-refractivity contribution in [2.24, 2.45) is 12.5 Å². The molecule has 174 valence electrons. The average Bonchev–Trinajstić information content (AvgIpc) is 3.11. The Kier molecular flexibility index (Phi) is 5.82. The molecule has 0 spiro atoms. The Balaban J connectivity index is 1.82. The zero-order valence-corrected chi connectivity index (χ0v) is 20.2. The third-order valence-electron chi connectivity index (χ3n) is 6.19. The summed E-state index contributed by atoms with van der Waals surface area (Å²) in [5, 5.41) is 13.4. The van der Waals surface area contributed by atoms with Gasteiger partial charge in [-0.1, -0.05) is 31.5 Å². The quantitative estimate of drug-likeness (QED) is 0.534. The Bertz CT molecular complexity index is 1320. The first kappa shape index (κ1) is 23.0. The molecule has 1 aliphatic heterocycles. The van der Waals surface area contributed by atoms with Crippen molar-refractivity contribution >= 4 is 40.1 Å². The van der Waals surface area contributed by atoms with Crippen LogP contribution >= 0.6 is 11.6 Å². The minimum absolute atomic E-state index is 0.101. The first-order valence-corrected chi connectivity index (χ1v) is 11.3. The van der Waals surface area contributed by atoms with Crippen LogP contribution in [0.4, 0.5) is 11.6 Å². The lowest BCUT2D eigenvalue weighted by Gasteiger charge is -2.24. The molecule has 3 aromatic rings. The second-order valence-electron chi connectivity index (χ2n) is 9.56. The zero-order chi connectivity index (χ0) is 24.1. The van der Waals surface area contributed by atoms with Gasteiger partial charge in [-0.15, -0.1) is 0 Å². The van der Waals surface area contributed by atoms with Crippen LogP contribution in [0.1, 0.15) is 54.8 Å². The Labute approximate surface area is 197 Å². The number of carboxylic acids is 1. The summed E-state index contributed by atoms with van der Waals surface area (Å²) in [4.78, 5) is 36.0. The van der Waals surface area contributed by atoms with Gasteiger partial charge in [-0.3, -0.25) is 9.36 Å². The van der Waals surface area contributed by atoms with Crippen molar-refractivity contribution in [1.29, 1.82) is 0 Å². The smallest absolute Gasteiger partial charge is 0.356 e. The number of carboxylic acid groups (broad SMARTS) is 1. The first-order chi connectivity index (χ1) is 15.5. The van der Waals surface area contributed by atoms with Crippen LogP contribution in [-0.2, 0) is 7.05 Å². The van der Waals surface area contributed by atoms with Gasteiger partial charge in [0.15, 0.2) is 5.69 Å². The maximum absolute atomic E-state index is 13.3. The molecular weight excluding hydrogens is 442 g/mol. The van der Waals surface area contributed by atoms with Crippen LogP contribution in [0.25, 0.3) is 10.9 Å². The monoisotopic (exact) mass is 469 g/mol. The molecule has 2 N–H and O–H groups in total. The summed E-state index contributed by atoms with van der Waals surface area (Å²) in [6.07, 6.45) is 1.03. The lowest BCUT2D eigenvalue weighted by molar-refractivity contribution is 0.0691. The topological polar surface area (TPSA) is 100 Å². The van der Waals surface area contributed by atoms with Crippen LogP contribution in [-0.4, -0.2) is 38.7 Å². The molecule has 0 bridgehead atoms. The Morgan fingerprint density at radius 3 is 2.64 bits per heavy atom. The lowest BCUT2D eigenvalue weighted by atomic mass is 9.93. The molecule has 8 nitrogen and oxygen atoms in total. The second-order valence-corrected chi connectivity index (χ2v) is 9.95. The summed E-state index contributed by atoms with van der Waals surface area (Å²) in [5.74, 6) is -0.526. The highest BCUT2D eigenvalue weighted by Crippen LogP contribution is 2.33. The maximum Gasteiger partial charge on any atom is 0.356 e. The minimum atomic E-state index is -1.17. The van der Waals surface area contributed by atoms with Gasteiger partial charge in [-0.05, 0) is 49.4 Å². The van der Waals surface area contributed by atoms with Crippen molar-refractivity contribution in [2.45, 2.75) is 40.2 Å². The summed E-state index contributed by atoms with van der Waals surface area (Å²) < 4.78 is 1.62. The van der Waals surface area contributed by atoms with Crippen LogP contribution in [0.2, 0.25) is 5.15 Å². The number of aromatic carboxylic acids is 1. The van der Waals surface area contributed by atoms with Gasteiger partial charge < -0.3 is 15.3 Å². The molecule has 0 saturated carbocycles. The molecule has 1 saturated heterocycles. The van der Waals surface area contributed by atoms with Crippen molar-refractivity contribution in [1.82, 2.24) is 14.5 Å². The van der Waals surface area contributed by atoms with E-state index < -0.39 is 5.97 Å². The third kappa shape index (κ3) is 4.39. The van der Waals surface area contributed by atoms with E-state index in [1.165, 1.54) is 0 Å². The molecule has 4 rings (SSSR count). The molecule has 9 heteroatoms. The SMILES string of the molecule is Cc1cc([C@@H](C)Nc2ccc(Cl)nc2C(=O)O)c2nc(N3CCC(C)(C)C3)n(C)c(=O)c2c1. The number of anilines is 2. The van der Waals surface area contributed by atoms with E-state index in [9.17, 15) is 14.7 Å². The molecular formula is C24H28ClN5O3. The standard InChI is InChI=1S/C24H28ClN5O3/c1-13-10-15(14(2)26-17-6-7-18(25)27-20(17)22(32)33)19-16(11-13)21(31)29(5)23(28-19)30-9-8-24(3,4)12-30/h6-7,10-11,14,26H,8-9,12H2,1-5H3,(H,32,33)/t14-/m1/s1. The van der Waals surface area contributed by atoms with Gasteiger partial charge >= 0.3 is 5.97 Å². The van der Waals surface area contributed by atoms with Gasteiger partial charge in [-0.2, -0.15) is 0 Å². The van der Waals surface area contributed by atoms with E-state index >= 15 is 0 Å². The van der Waals surface area contributed by atoms with E-state index in [-0.39, 0.29) is 27.9 Å². The number of nitrogens with zero attached hydrogens (tertiary/aromatic N) is 4. The van der Waals surface area contributed by atoms with Crippen LogP contribution in [0, 0.1) is 12.3 Å². The van der Waals surface area contributed by atoms with Crippen molar-refractivity contribution in [3.63, 3.8) is 0 Å². The number of hydrogen-bond donors (Lipinski definition) is 2. The summed E-state index contributed by atoms with van der Waals surface area (Å²) in [5.41, 5.74) is 2.60. The van der Waals surface area contributed by atoms with Gasteiger partial charge in [0.2, 0.25) is 5.95 Å². The van der Waals surface area contributed by atoms with Gasteiger partial charge in [0, 0.05) is 25.7 Å². The zero-order valence-electron chi connectivity index (χ0n) is 19.4. The van der Waals surface area contributed by atoms with Crippen molar-refractivity contribution in [3.8, 4) is 0 Å². The number of benzene rings is 1. The highest BCUT2D eigenvalue weighted by atomic mass is 35.5. The predicted octanol–water partition coefficient (Wildman–Crippen LogP) is 4.40. The molecule has 0 unspecified atom stereocenters. The van der Waals surface area contributed by atoms with Crippen LogP contribution in [0.15, 0.2) is 29.1 Å². The van der Waals surface area contributed by atoms with Crippen LogP contribution in [0.5, 0.6) is 0 Å². The molecule has 2 aromatic heterocycles. The fraction of sp³-hybridized carbons (Fsp3) is 0.417. The molecule has 1 atom stereocenters. The predicted molar refractivity (Wildman–Crippen MR) is 131 cm³/mol. The molecule has 0 radical (unpaired) electrons. The fourth-order valence-corrected chi connectivity index (χ4v) is 4.61. The Hall–Kier alpha value is -3.13. The molecule has 1 fully saturated rings. The van der Waals surface area contributed by atoms with Crippen molar-refractivity contribution in [3.05, 3.63) is 56.6 Å². The molecule has 0 aliphatic carbocycles. The summed E-state index contributed by atoms with van der Waals surface area (Å²) >= 11 is 5.89. The van der Waals surface area contributed by atoms with Crippen LogP contribution in [0.3, 0.4) is 0 Å². The molecule has 1 aliphatic rings. The number of fused-ring (bicyclic) bond motifs is 1. The molecule has 3 heterocycles. The second kappa shape index (κ2) is 8.33. The third-order valence-corrected chi connectivity index (χ3v) is 6.40. The molecule has 0 amide bonds. The lowest BCUT2D eigenvalue weighted by Crippen LogP contribution is -2.31. The largest absolute Gasteiger partial charge is 0.476 e. The number of rotatable bonds is 5. The van der Waals surface area contributed by atoms with E-state index in [1.807, 2.05) is 26.0 Å². The van der Waals surface area contributed by atoms with Gasteiger partial charge in [0.25, 0.3) is 5.56 Å². The number of hydrogen-bond acceptors (Lipinski definition) is 6. The number of carbonyl (C=O) groups is 1. The highest BCUT2D eigenvalue weighted by Gasteiger charge is 2.32. The molecule has 1 aromatic carbocycles. The number of pyridine rings is 1. The molecule has 33 heavy (non-hydrogen) atoms. The van der Waals surface area contributed by atoms with E-state index in [1.54, 1.807) is 23.7 Å². The summed E-state index contributed by atoms with van der Waals surface area (Å²) in [6.45, 7) is 9.93. The fourth-order valence-electron chi connectivity index (χ4n) is 4.46. The normalized spacial score (nSPS) is 16.2. The van der Waals surface area contributed by atoms with Crippen LogP contribution < -0.4 is 15.8 Å². The number of aryl methyl sites for hydroxylation is 1. The van der Waals surface area contributed by atoms with Crippen molar-refractivity contribution < 1.29 is 9.90 Å². The summed E-state index contributed by atoms with van der Waals surface area (Å²) in [6, 6.07) is 6.63. The van der Waals surface area contributed by atoms with E-state index in [0.717, 1.165) is 30.6 Å². The summed E-state index contributed by atoms with van der Waals surface area (Å²) in [7, 11) is 1.76. The Morgan fingerprint density at radius 1 is 1.27 bits per heavy atom. The van der Waals surface area contributed by atoms with E-state index in [0.29, 0.717) is 22.5 Å².